The van der Waals surface area contributed by atoms with Gasteiger partial charge >= 0.3 is 10.2 Å². The Morgan fingerprint density at radius 2 is 1.74 bits per heavy atom. The summed E-state index contributed by atoms with van der Waals surface area (Å²) in [7, 11) is 0.403. The molecule has 0 saturated carbocycles. The summed E-state index contributed by atoms with van der Waals surface area (Å²) in [5, 5.41) is 2.86. The fourth-order valence-electron chi connectivity index (χ4n) is 3.40. The summed E-state index contributed by atoms with van der Waals surface area (Å²) in [4.78, 5) is 27.9. The Labute approximate surface area is 208 Å². The van der Waals surface area contributed by atoms with Gasteiger partial charge in [0.15, 0.2) is 0 Å². The number of nitrogens with zero attached hydrogens (tertiary/aromatic N) is 3. The van der Waals surface area contributed by atoms with E-state index in [1.54, 1.807) is 62.6 Å². The van der Waals surface area contributed by atoms with Crippen LogP contribution in [0.2, 0.25) is 0 Å². The van der Waals surface area contributed by atoms with Gasteiger partial charge in [0.2, 0.25) is 11.8 Å². The highest BCUT2D eigenvalue weighted by atomic mass is 32.2. The quantitative estimate of drug-likeness (QED) is 0.423. The van der Waals surface area contributed by atoms with Crippen molar-refractivity contribution in [3.63, 3.8) is 0 Å². The first-order chi connectivity index (χ1) is 16.6. The van der Waals surface area contributed by atoms with Crippen LogP contribution in [0.3, 0.4) is 0 Å². The van der Waals surface area contributed by atoms with E-state index in [1.807, 2.05) is 13.0 Å². The lowest BCUT2D eigenvalue weighted by Gasteiger charge is -2.32. The highest BCUT2D eigenvalue weighted by molar-refractivity contribution is 7.90. The number of hydrogen-bond donors (Lipinski definition) is 1. The van der Waals surface area contributed by atoms with E-state index in [1.165, 1.54) is 19.0 Å². The lowest BCUT2D eigenvalue weighted by atomic mass is 10.1. The number of nitrogens with one attached hydrogen (secondary N) is 1. The van der Waals surface area contributed by atoms with Crippen molar-refractivity contribution in [2.75, 3.05) is 38.6 Å². The van der Waals surface area contributed by atoms with E-state index in [0.29, 0.717) is 18.0 Å². The van der Waals surface area contributed by atoms with Crippen molar-refractivity contribution in [3.8, 4) is 5.75 Å². The molecule has 2 rings (SSSR count). The molecule has 10 heteroatoms. The minimum Gasteiger partial charge on any atom is -0.497 e. The molecule has 2 aromatic carbocycles. The number of para-hydroxylation sites is 1. The molecule has 1 N–H and O–H groups in total. The Morgan fingerprint density at radius 3 is 2.34 bits per heavy atom. The molecule has 9 nitrogen and oxygen atoms in total. The van der Waals surface area contributed by atoms with Gasteiger partial charge in [0.25, 0.3) is 0 Å². The second-order valence-electron chi connectivity index (χ2n) is 8.33. The SMILES string of the molecule is CCCCNC(=O)C(C)N(Cc1cccc(OC)c1)C(=O)CN(c1ccccc1)S(=O)(=O)N(C)C. The molecule has 0 radical (unpaired) electrons. The van der Waals surface area contributed by atoms with E-state index in [4.69, 9.17) is 4.74 Å². The number of ether oxygens (including phenoxy) is 1. The number of methoxy groups -OCH3 is 1. The summed E-state index contributed by atoms with van der Waals surface area (Å²) >= 11 is 0. The summed E-state index contributed by atoms with van der Waals surface area (Å²) in [6, 6.07) is 14.8. The van der Waals surface area contributed by atoms with Gasteiger partial charge in [-0.2, -0.15) is 12.7 Å². The molecular weight excluding hydrogens is 468 g/mol. The van der Waals surface area contributed by atoms with Crippen LogP contribution in [0.4, 0.5) is 5.69 Å². The fourth-order valence-corrected chi connectivity index (χ4v) is 4.45. The number of unbranched alkanes of at least 4 members (excludes halogenated alkanes) is 1. The lowest BCUT2D eigenvalue weighted by Crippen LogP contribution is -2.52. The van der Waals surface area contributed by atoms with Crippen molar-refractivity contribution in [2.45, 2.75) is 39.3 Å². The smallest absolute Gasteiger partial charge is 0.304 e. The molecule has 0 saturated heterocycles. The van der Waals surface area contributed by atoms with Gasteiger partial charge in [0, 0.05) is 27.2 Å². The largest absolute Gasteiger partial charge is 0.497 e. The summed E-state index contributed by atoms with van der Waals surface area (Å²) < 4.78 is 33.6. The first kappa shape index (κ1) is 28.1. The molecule has 1 atom stereocenters. The van der Waals surface area contributed by atoms with Gasteiger partial charge in [-0.15, -0.1) is 0 Å². The molecule has 0 spiro atoms. The van der Waals surface area contributed by atoms with Gasteiger partial charge in [-0.25, -0.2) is 4.31 Å². The Bertz CT molecular complexity index is 1080. The van der Waals surface area contributed by atoms with Crippen LogP contribution in [0.15, 0.2) is 54.6 Å². The molecule has 2 amide bonds. The molecule has 0 aliphatic carbocycles. The molecular formula is C25H36N4O5S. The summed E-state index contributed by atoms with van der Waals surface area (Å²) in [6.07, 6.45) is 1.75. The van der Waals surface area contributed by atoms with Gasteiger partial charge in [0.1, 0.15) is 18.3 Å². The number of carbonyl (C=O) groups is 2. The molecule has 0 bridgehead atoms. The van der Waals surface area contributed by atoms with Crippen molar-refractivity contribution in [1.29, 1.82) is 0 Å². The van der Waals surface area contributed by atoms with Crippen LogP contribution in [-0.2, 0) is 26.3 Å². The Kier molecular flexibility index (Phi) is 10.5. The van der Waals surface area contributed by atoms with Crippen molar-refractivity contribution >= 4 is 27.7 Å². The molecule has 1 unspecified atom stereocenters. The minimum atomic E-state index is -3.97. The van der Waals surface area contributed by atoms with Gasteiger partial charge in [-0.1, -0.05) is 43.7 Å². The third kappa shape index (κ3) is 7.69. The van der Waals surface area contributed by atoms with Gasteiger partial charge in [-0.3, -0.25) is 9.59 Å². The van der Waals surface area contributed by atoms with Crippen molar-refractivity contribution < 1.29 is 22.7 Å². The minimum absolute atomic E-state index is 0.114. The fraction of sp³-hybridized carbons (Fsp3) is 0.440. The molecule has 0 aromatic heterocycles. The second-order valence-corrected chi connectivity index (χ2v) is 10.4. The number of anilines is 1. The van der Waals surface area contributed by atoms with Crippen LogP contribution in [0.1, 0.15) is 32.3 Å². The molecule has 0 heterocycles. The van der Waals surface area contributed by atoms with Crippen LogP contribution in [-0.4, -0.2) is 69.8 Å². The van der Waals surface area contributed by atoms with E-state index in [2.05, 4.69) is 5.32 Å². The van der Waals surface area contributed by atoms with Crippen molar-refractivity contribution in [3.05, 3.63) is 60.2 Å². The molecule has 192 valence electrons. The van der Waals surface area contributed by atoms with Gasteiger partial charge in [-0.05, 0) is 43.2 Å². The zero-order valence-electron chi connectivity index (χ0n) is 21.1. The third-order valence-electron chi connectivity index (χ3n) is 5.55. The highest BCUT2D eigenvalue weighted by Gasteiger charge is 2.32. The summed E-state index contributed by atoms with van der Waals surface area (Å²) in [5.41, 5.74) is 1.11. The average Bonchev–Trinajstić information content (AvgIpc) is 2.85. The Balaban J connectivity index is 2.40. The van der Waals surface area contributed by atoms with Crippen LogP contribution in [0, 0.1) is 0 Å². The number of amides is 2. The number of benzene rings is 2. The zero-order chi connectivity index (χ0) is 26.0. The maximum atomic E-state index is 13.6. The number of carbonyl (C=O) groups excluding carboxylic acids is 2. The zero-order valence-corrected chi connectivity index (χ0v) is 21.9. The lowest BCUT2D eigenvalue weighted by molar-refractivity contribution is -0.139. The van der Waals surface area contributed by atoms with Crippen LogP contribution < -0.4 is 14.4 Å². The van der Waals surface area contributed by atoms with E-state index in [-0.39, 0.29) is 12.5 Å². The average molecular weight is 505 g/mol. The maximum absolute atomic E-state index is 13.6. The topological polar surface area (TPSA) is 99.3 Å². The molecule has 0 fully saturated rings. The van der Waals surface area contributed by atoms with Gasteiger partial charge in [0.05, 0.1) is 12.8 Å². The Hall–Kier alpha value is -3.11. The predicted octanol–water partition coefficient (Wildman–Crippen LogP) is 2.64. The standard InChI is InChI=1S/C25H36N4O5S/c1-6-7-16-26-25(31)20(2)28(18-21-12-11-15-23(17-21)34-5)24(30)19-29(35(32,33)27(3)4)22-13-9-8-10-14-22/h8-15,17,20H,6-7,16,18-19H2,1-5H3,(H,26,31). The summed E-state index contributed by atoms with van der Waals surface area (Å²) in [6.45, 7) is 3.83. The third-order valence-corrected chi connectivity index (χ3v) is 7.37. The van der Waals surface area contributed by atoms with E-state index >= 15 is 0 Å². The molecule has 0 aliphatic heterocycles. The van der Waals surface area contributed by atoms with Crippen molar-refractivity contribution in [2.24, 2.45) is 0 Å². The molecule has 35 heavy (non-hydrogen) atoms. The van der Waals surface area contributed by atoms with E-state index in [0.717, 1.165) is 27.0 Å². The predicted molar refractivity (Wildman–Crippen MR) is 137 cm³/mol. The summed E-state index contributed by atoms with van der Waals surface area (Å²) in [5.74, 6) is -0.173. The molecule has 2 aromatic rings. The Morgan fingerprint density at radius 1 is 1.06 bits per heavy atom. The highest BCUT2D eigenvalue weighted by Crippen LogP contribution is 2.21. The van der Waals surface area contributed by atoms with Crippen LogP contribution in [0.5, 0.6) is 5.75 Å². The van der Waals surface area contributed by atoms with E-state index in [9.17, 15) is 18.0 Å². The first-order valence-electron chi connectivity index (χ1n) is 11.6. The van der Waals surface area contributed by atoms with Crippen LogP contribution >= 0.6 is 0 Å². The van der Waals surface area contributed by atoms with Crippen molar-refractivity contribution in [1.82, 2.24) is 14.5 Å². The normalized spacial score (nSPS) is 12.2. The van der Waals surface area contributed by atoms with Gasteiger partial charge < -0.3 is 15.0 Å². The molecule has 0 aliphatic rings. The second kappa shape index (κ2) is 13.1. The van der Waals surface area contributed by atoms with E-state index < -0.39 is 28.7 Å². The number of rotatable bonds is 13. The first-order valence-corrected chi connectivity index (χ1v) is 13.0. The maximum Gasteiger partial charge on any atom is 0.304 e. The van der Waals surface area contributed by atoms with Crippen LogP contribution in [0.25, 0.3) is 0 Å². The monoisotopic (exact) mass is 504 g/mol. The number of hydrogen-bond acceptors (Lipinski definition) is 5.